The van der Waals surface area contributed by atoms with Crippen molar-refractivity contribution in [3.05, 3.63) is 82.9 Å². The molecule has 1 aliphatic heterocycles. The molecule has 4 heterocycles. The molecular formula is C30H28F5N5O4. The zero-order chi connectivity index (χ0) is 31.8. The Morgan fingerprint density at radius 1 is 1.14 bits per heavy atom. The van der Waals surface area contributed by atoms with E-state index in [4.69, 9.17) is 9.47 Å². The summed E-state index contributed by atoms with van der Waals surface area (Å²) in [4.78, 5) is 35.8. The summed E-state index contributed by atoms with van der Waals surface area (Å²) in [5.74, 6) is -4.33. The van der Waals surface area contributed by atoms with Gasteiger partial charge in [0.05, 0.1) is 31.6 Å². The van der Waals surface area contributed by atoms with Crippen molar-refractivity contribution in [2.24, 2.45) is 0 Å². The molecule has 0 aliphatic carbocycles. The van der Waals surface area contributed by atoms with Crippen LogP contribution >= 0.6 is 0 Å². The van der Waals surface area contributed by atoms with E-state index in [0.29, 0.717) is 25.5 Å². The van der Waals surface area contributed by atoms with Gasteiger partial charge in [0.1, 0.15) is 28.9 Å². The number of benzene rings is 1. The highest BCUT2D eigenvalue weighted by molar-refractivity contribution is 5.97. The number of ether oxygens (including phenoxy) is 2. The van der Waals surface area contributed by atoms with Crippen molar-refractivity contribution in [2.75, 3.05) is 31.8 Å². The van der Waals surface area contributed by atoms with Crippen LogP contribution in [0.3, 0.4) is 0 Å². The molecule has 9 nitrogen and oxygen atoms in total. The van der Waals surface area contributed by atoms with Crippen molar-refractivity contribution in [3.8, 4) is 11.3 Å². The van der Waals surface area contributed by atoms with Crippen LogP contribution in [0.5, 0.6) is 0 Å². The molecule has 1 aromatic carbocycles. The average molecular weight is 618 g/mol. The molecule has 0 saturated carbocycles. The highest BCUT2D eigenvalue weighted by Gasteiger charge is 2.37. The van der Waals surface area contributed by atoms with Gasteiger partial charge in [0, 0.05) is 54.5 Å². The van der Waals surface area contributed by atoms with Crippen LogP contribution in [0.4, 0.5) is 27.6 Å². The highest BCUT2D eigenvalue weighted by Crippen LogP contribution is 2.39. The van der Waals surface area contributed by atoms with Crippen molar-refractivity contribution < 1.29 is 41.0 Å². The average Bonchev–Trinajstić information content (AvgIpc) is 3.46. The van der Waals surface area contributed by atoms with Gasteiger partial charge in [-0.3, -0.25) is 9.78 Å². The molecule has 1 aliphatic rings. The van der Waals surface area contributed by atoms with Crippen LogP contribution in [0.2, 0.25) is 0 Å². The summed E-state index contributed by atoms with van der Waals surface area (Å²) in [5, 5.41) is 2.34. The molecule has 14 heteroatoms. The first-order valence-electron chi connectivity index (χ1n) is 13.6. The molecule has 3 aromatic heterocycles. The van der Waals surface area contributed by atoms with Gasteiger partial charge in [-0.25, -0.2) is 18.6 Å². The molecule has 4 aromatic rings. The van der Waals surface area contributed by atoms with Crippen molar-refractivity contribution in [1.29, 1.82) is 0 Å². The number of methoxy groups -OCH3 is 1. The predicted octanol–water partition coefficient (Wildman–Crippen LogP) is 4.74. The van der Waals surface area contributed by atoms with E-state index in [1.54, 1.807) is 4.90 Å². The maximum atomic E-state index is 15.1. The molecule has 0 bridgehead atoms. The Bertz CT molecular complexity index is 1700. The van der Waals surface area contributed by atoms with Crippen molar-refractivity contribution in [1.82, 2.24) is 19.7 Å². The Morgan fingerprint density at radius 3 is 2.52 bits per heavy atom. The third-order valence-electron chi connectivity index (χ3n) is 7.49. The number of esters is 1. The number of rotatable bonds is 7. The molecule has 1 fully saturated rings. The Balaban J connectivity index is 1.45. The van der Waals surface area contributed by atoms with E-state index in [0.717, 1.165) is 19.2 Å². The number of halogens is 5. The van der Waals surface area contributed by atoms with Gasteiger partial charge in [0.2, 0.25) is 0 Å². The molecule has 0 spiro atoms. The first-order chi connectivity index (χ1) is 20.9. The lowest BCUT2D eigenvalue weighted by Gasteiger charge is -2.35. The summed E-state index contributed by atoms with van der Waals surface area (Å²) in [6, 6.07) is 4.65. The van der Waals surface area contributed by atoms with Crippen LogP contribution < -0.4 is 10.2 Å². The van der Waals surface area contributed by atoms with E-state index in [1.165, 1.54) is 48.1 Å². The van der Waals surface area contributed by atoms with Gasteiger partial charge in [0.15, 0.2) is 0 Å². The monoisotopic (exact) mass is 617 g/mol. The summed E-state index contributed by atoms with van der Waals surface area (Å²) in [6.07, 6.45) is -0.829. The number of alkyl halides is 3. The topological polar surface area (TPSA) is 98.1 Å². The SMILES string of the molecule is COC(=O)[C@H](Cc1ccc(-c2nccc(C)c2C(F)(F)F)c2nccn12)NC(=O)c1c(F)cc(N2CCOC[C@@H]2C)cc1F. The summed E-state index contributed by atoms with van der Waals surface area (Å²) in [6.45, 7) is 4.34. The van der Waals surface area contributed by atoms with Crippen LogP contribution in [0, 0.1) is 18.6 Å². The minimum absolute atomic E-state index is 0.0169. The standard InChI is InChI=1S/C30H28F5N5O4/c1-16-6-7-36-26(25(16)30(33,34)35)20-5-4-18(40-9-8-37-27(20)40)14-23(29(42)43-3)38-28(41)24-21(31)12-19(13-22(24)32)39-10-11-44-15-17(39)2/h4-9,12-13,17,23H,10-11,14-15H2,1-3H3,(H,38,41)/t17-,23-/m0/s1. The van der Waals surface area contributed by atoms with Crippen LogP contribution in [0.25, 0.3) is 16.9 Å². The van der Waals surface area contributed by atoms with Gasteiger partial charge < -0.3 is 24.1 Å². The number of hydrogen-bond acceptors (Lipinski definition) is 7. The van der Waals surface area contributed by atoms with Gasteiger partial charge in [0.25, 0.3) is 5.91 Å². The number of imidazole rings is 1. The molecule has 44 heavy (non-hydrogen) atoms. The number of carbonyl (C=O) groups is 2. The Kier molecular flexibility index (Phi) is 8.55. The second-order valence-corrected chi connectivity index (χ2v) is 10.4. The van der Waals surface area contributed by atoms with Gasteiger partial charge >= 0.3 is 12.1 Å². The zero-order valence-electron chi connectivity index (χ0n) is 23.9. The first-order valence-corrected chi connectivity index (χ1v) is 13.6. The van der Waals surface area contributed by atoms with Crippen LogP contribution in [-0.2, 0) is 26.9 Å². The van der Waals surface area contributed by atoms with Crippen LogP contribution in [-0.4, -0.2) is 65.2 Å². The number of pyridine rings is 2. The number of morpholine rings is 1. The van der Waals surface area contributed by atoms with E-state index in [2.05, 4.69) is 15.3 Å². The normalized spacial score (nSPS) is 16.2. The van der Waals surface area contributed by atoms with Crippen molar-refractivity contribution >= 4 is 23.2 Å². The number of carbonyl (C=O) groups excluding carboxylic acids is 2. The highest BCUT2D eigenvalue weighted by atomic mass is 19.4. The lowest BCUT2D eigenvalue weighted by Crippen LogP contribution is -2.44. The molecule has 0 radical (unpaired) electrons. The summed E-state index contributed by atoms with van der Waals surface area (Å²) < 4.78 is 83.7. The van der Waals surface area contributed by atoms with Gasteiger partial charge in [-0.15, -0.1) is 0 Å². The smallest absolute Gasteiger partial charge is 0.418 e. The molecule has 232 valence electrons. The number of fused-ring (bicyclic) bond motifs is 1. The molecule has 1 N–H and O–H groups in total. The fourth-order valence-electron chi connectivity index (χ4n) is 5.37. The zero-order valence-corrected chi connectivity index (χ0v) is 23.9. The van der Waals surface area contributed by atoms with Crippen molar-refractivity contribution in [3.63, 3.8) is 0 Å². The molecular weight excluding hydrogens is 589 g/mol. The number of amides is 1. The lowest BCUT2D eigenvalue weighted by molar-refractivity contribution is -0.143. The molecule has 0 unspecified atom stereocenters. The number of aromatic nitrogens is 3. The molecule has 5 rings (SSSR count). The van der Waals surface area contributed by atoms with Crippen molar-refractivity contribution in [2.45, 2.75) is 38.5 Å². The van der Waals surface area contributed by atoms with E-state index in [9.17, 15) is 22.8 Å². The molecule has 2 atom stereocenters. The Morgan fingerprint density at radius 2 is 1.86 bits per heavy atom. The molecule has 1 amide bonds. The van der Waals surface area contributed by atoms with Crippen LogP contribution in [0.1, 0.15) is 34.1 Å². The van der Waals surface area contributed by atoms with Gasteiger partial charge in [-0.1, -0.05) is 0 Å². The summed E-state index contributed by atoms with van der Waals surface area (Å²) >= 11 is 0. The number of nitrogens with zero attached hydrogens (tertiary/aromatic N) is 4. The van der Waals surface area contributed by atoms with E-state index in [1.807, 2.05) is 6.92 Å². The third-order valence-corrected chi connectivity index (χ3v) is 7.49. The second kappa shape index (κ2) is 12.2. The third kappa shape index (κ3) is 5.94. The Hall–Kier alpha value is -4.59. The minimum Gasteiger partial charge on any atom is -0.467 e. The minimum atomic E-state index is -4.68. The fraction of sp³-hybridized carbons (Fsp3) is 0.333. The predicted molar refractivity (Wildman–Crippen MR) is 149 cm³/mol. The second-order valence-electron chi connectivity index (χ2n) is 10.4. The first kappa shape index (κ1) is 30.9. The maximum absolute atomic E-state index is 15.1. The summed E-state index contributed by atoms with van der Waals surface area (Å²) in [5.41, 5.74) is -1.33. The van der Waals surface area contributed by atoms with E-state index < -0.39 is 46.9 Å². The quantitative estimate of drug-likeness (QED) is 0.236. The number of hydrogen-bond donors (Lipinski definition) is 1. The Labute approximate surface area is 248 Å². The largest absolute Gasteiger partial charge is 0.467 e. The lowest BCUT2D eigenvalue weighted by atomic mass is 10.0. The van der Waals surface area contributed by atoms with Gasteiger partial charge in [-0.2, -0.15) is 13.2 Å². The maximum Gasteiger partial charge on any atom is 0.418 e. The molecule has 1 saturated heterocycles. The van der Waals surface area contributed by atoms with E-state index in [-0.39, 0.29) is 40.6 Å². The van der Waals surface area contributed by atoms with Crippen LogP contribution in [0.15, 0.2) is 48.9 Å². The van der Waals surface area contributed by atoms with E-state index >= 15 is 8.78 Å². The number of anilines is 1. The number of aryl methyl sites for hydroxylation is 1. The summed E-state index contributed by atoms with van der Waals surface area (Å²) in [7, 11) is 1.08. The fourth-order valence-corrected chi connectivity index (χ4v) is 5.37. The van der Waals surface area contributed by atoms with Gasteiger partial charge in [-0.05, 0) is 49.7 Å². The number of nitrogens with one attached hydrogen (secondary N) is 1.